The van der Waals surface area contributed by atoms with Crippen LogP contribution in [0.3, 0.4) is 0 Å². The molecule has 94 valence electrons. The van der Waals surface area contributed by atoms with Crippen molar-refractivity contribution >= 4 is 5.69 Å². The second-order valence-corrected chi connectivity index (χ2v) is 3.27. The standard InChI is InChI=1S/C10H14N2O5/c1-16-9-3-6(8(13)5-11)7(12(14)15)4-10(9)17-2/h3-4,8,13H,5,11H2,1-2H3/t8-/m0/s1. The number of ether oxygens (including phenoxy) is 2. The average Bonchev–Trinajstić information content (AvgIpc) is 2.35. The van der Waals surface area contributed by atoms with Crippen LogP contribution in [0.4, 0.5) is 5.69 Å². The summed E-state index contributed by atoms with van der Waals surface area (Å²) in [5.74, 6) is 0.535. The molecule has 1 aromatic rings. The van der Waals surface area contributed by atoms with E-state index in [1.807, 2.05) is 0 Å². The van der Waals surface area contributed by atoms with Gasteiger partial charge in [-0.3, -0.25) is 10.1 Å². The zero-order chi connectivity index (χ0) is 13.0. The predicted molar refractivity (Wildman–Crippen MR) is 60.2 cm³/mol. The first-order chi connectivity index (χ1) is 8.04. The maximum absolute atomic E-state index is 10.9. The Morgan fingerprint density at radius 2 is 1.94 bits per heavy atom. The number of aliphatic hydroxyl groups is 1. The highest BCUT2D eigenvalue weighted by atomic mass is 16.6. The Bertz CT molecular complexity index is 421. The van der Waals surface area contributed by atoms with Crippen LogP contribution < -0.4 is 15.2 Å². The average molecular weight is 242 g/mol. The summed E-state index contributed by atoms with van der Waals surface area (Å²) in [6, 6.07) is 2.56. The smallest absolute Gasteiger partial charge is 0.279 e. The van der Waals surface area contributed by atoms with Crippen LogP contribution in [0.15, 0.2) is 12.1 Å². The largest absolute Gasteiger partial charge is 0.493 e. The van der Waals surface area contributed by atoms with E-state index in [2.05, 4.69) is 0 Å². The van der Waals surface area contributed by atoms with Crippen molar-refractivity contribution in [1.29, 1.82) is 0 Å². The number of hydrogen-bond donors (Lipinski definition) is 2. The number of rotatable bonds is 5. The van der Waals surface area contributed by atoms with Gasteiger partial charge in [0.25, 0.3) is 5.69 Å². The molecular formula is C10H14N2O5. The first kappa shape index (κ1) is 13.2. The lowest BCUT2D eigenvalue weighted by Crippen LogP contribution is -2.13. The minimum absolute atomic E-state index is 0.107. The molecule has 0 radical (unpaired) electrons. The Morgan fingerprint density at radius 1 is 1.41 bits per heavy atom. The van der Waals surface area contributed by atoms with E-state index >= 15 is 0 Å². The SMILES string of the molecule is COc1cc([C@@H](O)CN)c([N+](=O)[O-])cc1OC. The first-order valence-electron chi connectivity index (χ1n) is 4.83. The first-order valence-corrected chi connectivity index (χ1v) is 4.83. The molecule has 0 fully saturated rings. The van der Waals surface area contributed by atoms with E-state index in [4.69, 9.17) is 15.2 Å². The quantitative estimate of drug-likeness (QED) is 0.578. The number of benzene rings is 1. The van der Waals surface area contributed by atoms with E-state index in [-0.39, 0.29) is 23.5 Å². The third-order valence-corrected chi connectivity index (χ3v) is 2.31. The van der Waals surface area contributed by atoms with Gasteiger partial charge in [0, 0.05) is 6.54 Å². The van der Waals surface area contributed by atoms with Crippen LogP contribution in [0.25, 0.3) is 0 Å². The van der Waals surface area contributed by atoms with Gasteiger partial charge in [0.05, 0.1) is 36.9 Å². The molecule has 0 bridgehead atoms. The maximum Gasteiger partial charge on any atom is 0.279 e. The molecule has 17 heavy (non-hydrogen) atoms. The molecular weight excluding hydrogens is 228 g/mol. The van der Waals surface area contributed by atoms with Gasteiger partial charge in [0.1, 0.15) is 0 Å². The molecule has 0 heterocycles. The van der Waals surface area contributed by atoms with Crippen LogP contribution in [-0.2, 0) is 0 Å². The Morgan fingerprint density at radius 3 is 2.35 bits per heavy atom. The van der Waals surface area contributed by atoms with Crippen molar-refractivity contribution in [3.8, 4) is 11.5 Å². The third kappa shape index (κ3) is 2.63. The number of hydrogen-bond acceptors (Lipinski definition) is 6. The lowest BCUT2D eigenvalue weighted by atomic mass is 10.1. The van der Waals surface area contributed by atoms with Gasteiger partial charge in [-0.1, -0.05) is 0 Å². The fraction of sp³-hybridized carbons (Fsp3) is 0.400. The molecule has 0 aromatic heterocycles. The topological polar surface area (TPSA) is 108 Å². The van der Waals surface area contributed by atoms with E-state index in [1.165, 1.54) is 26.4 Å². The highest BCUT2D eigenvalue weighted by Crippen LogP contribution is 2.36. The monoisotopic (exact) mass is 242 g/mol. The molecule has 0 aliphatic carbocycles. The molecule has 1 rings (SSSR count). The molecule has 1 aromatic carbocycles. The fourth-order valence-electron chi connectivity index (χ4n) is 1.44. The molecule has 7 nitrogen and oxygen atoms in total. The van der Waals surface area contributed by atoms with Crippen molar-refractivity contribution in [2.24, 2.45) is 5.73 Å². The molecule has 0 spiro atoms. The van der Waals surface area contributed by atoms with Crippen LogP contribution in [0.5, 0.6) is 11.5 Å². The Balaban J connectivity index is 3.40. The van der Waals surface area contributed by atoms with Gasteiger partial charge in [-0.2, -0.15) is 0 Å². The summed E-state index contributed by atoms with van der Waals surface area (Å²) in [5.41, 5.74) is 5.15. The van der Waals surface area contributed by atoms with Gasteiger partial charge in [0.2, 0.25) is 0 Å². The summed E-state index contributed by atoms with van der Waals surface area (Å²) in [6.45, 7) is -0.115. The summed E-state index contributed by atoms with van der Waals surface area (Å²) >= 11 is 0. The molecule has 0 aliphatic rings. The summed E-state index contributed by atoms with van der Waals surface area (Å²) in [4.78, 5) is 10.3. The lowest BCUT2D eigenvalue weighted by molar-refractivity contribution is -0.386. The van der Waals surface area contributed by atoms with Crippen LogP contribution in [0.1, 0.15) is 11.7 Å². The maximum atomic E-state index is 10.9. The Hall–Kier alpha value is -1.86. The van der Waals surface area contributed by atoms with Gasteiger partial charge >= 0.3 is 0 Å². The van der Waals surface area contributed by atoms with E-state index in [9.17, 15) is 15.2 Å². The zero-order valence-corrected chi connectivity index (χ0v) is 9.54. The summed E-state index contributed by atoms with van der Waals surface area (Å²) < 4.78 is 9.96. The number of aliphatic hydroxyl groups excluding tert-OH is 1. The molecule has 1 atom stereocenters. The zero-order valence-electron chi connectivity index (χ0n) is 9.54. The molecule has 0 amide bonds. The molecule has 0 aliphatic heterocycles. The van der Waals surface area contributed by atoms with Gasteiger partial charge in [-0.15, -0.1) is 0 Å². The van der Waals surface area contributed by atoms with Crippen LogP contribution in [-0.4, -0.2) is 30.8 Å². The van der Waals surface area contributed by atoms with Crippen LogP contribution in [0, 0.1) is 10.1 Å². The molecule has 0 unspecified atom stereocenters. The minimum atomic E-state index is -1.12. The van der Waals surface area contributed by atoms with Crippen molar-refractivity contribution in [1.82, 2.24) is 0 Å². The fourth-order valence-corrected chi connectivity index (χ4v) is 1.44. The molecule has 3 N–H and O–H groups in total. The highest BCUT2D eigenvalue weighted by molar-refractivity contribution is 5.55. The van der Waals surface area contributed by atoms with Gasteiger partial charge in [-0.25, -0.2) is 0 Å². The normalized spacial score (nSPS) is 12.0. The second kappa shape index (κ2) is 5.46. The summed E-state index contributed by atoms with van der Waals surface area (Å²) in [5, 5.41) is 20.5. The van der Waals surface area contributed by atoms with E-state index in [0.717, 1.165) is 0 Å². The second-order valence-electron chi connectivity index (χ2n) is 3.27. The number of nitro groups is 1. The van der Waals surface area contributed by atoms with Gasteiger partial charge in [-0.05, 0) is 6.07 Å². The third-order valence-electron chi connectivity index (χ3n) is 2.31. The number of methoxy groups -OCH3 is 2. The summed E-state index contributed by atoms with van der Waals surface area (Å²) in [7, 11) is 2.78. The molecule has 0 saturated heterocycles. The van der Waals surface area contributed by atoms with Crippen molar-refractivity contribution in [3.05, 3.63) is 27.8 Å². The number of nitrogens with zero attached hydrogens (tertiary/aromatic N) is 1. The Kier molecular flexibility index (Phi) is 4.24. The van der Waals surface area contributed by atoms with Crippen molar-refractivity contribution in [3.63, 3.8) is 0 Å². The minimum Gasteiger partial charge on any atom is -0.493 e. The van der Waals surface area contributed by atoms with E-state index in [0.29, 0.717) is 5.75 Å². The Labute approximate surface area is 97.9 Å². The predicted octanol–water partition coefficient (Wildman–Crippen LogP) is 0.604. The number of nitro benzene ring substituents is 1. The van der Waals surface area contributed by atoms with Crippen molar-refractivity contribution in [2.45, 2.75) is 6.10 Å². The van der Waals surface area contributed by atoms with E-state index < -0.39 is 11.0 Å². The molecule has 7 heteroatoms. The van der Waals surface area contributed by atoms with Gasteiger partial charge in [0.15, 0.2) is 11.5 Å². The van der Waals surface area contributed by atoms with E-state index in [1.54, 1.807) is 0 Å². The van der Waals surface area contributed by atoms with Crippen LogP contribution >= 0.6 is 0 Å². The molecule has 0 saturated carbocycles. The van der Waals surface area contributed by atoms with Crippen molar-refractivity contribution in [2.75, 3.05) is 20.8 Å². The highest BCUT2D eigenvalue weighted by Gasteiger charge is 2.23. The lowest BCUT2D eigenvalue weighted by Gasteiger charge is -2.13. The van der Waals surface area contributed by atoms with Crippen molar-refractivity contribution < 1.29 is 19.5 Å². The summed E-state index contributed by atoms with van der Waals surface area (Å²) in [6.07, 6.45) is -1.12. The van der Waals surface area contributed by atoms with Gasteiger partial charge < -0.3 is 20.3 Å². The number of nitrogens with two attached hydrogens (primary N) is 1. The van der Waals surface area contributed by atoms with Crippen LogP contribution in [0.2, 0.25) is 0 Å².